The van der Waals surface area contributed by atoms with Crippen molar-refractivity contribution in [3.8, 4) is 0 Å². The van der Waals surface area contributed by atoms with Gasteiger partial charge in [0, 0.05) is 0 Å². The molecule has 0 unspecified atom stereocenters. The van der Waals surface area contributed by atoms with E-state index in [9.17, 15) is 18.8 Å². The molecule has 1 aliphatic heterocycles. The fourth-order valence-electron chi connectivity index (χ4n) is 1.66. The minimum atomic E-state index is -0.921. The Morgan fingerprint density at radius 1 is 1.41 bits per heavy atom. The maximum absolute atomic E-state index is 13.5. The first-order valence-electron chi connectivity index (χ1n) is 4.77. The normalized spacial score (nSPS) is 13.9. The van der Waals surface area contributed by atoms with Gasteiger partial charge in [0.1, 0.15) is 12.4 Å². The molecule has 0 aliphatic carbocycles. The van der Waals surface area contributed by atoms with E-state index in [2.05, 4.69) is 4.74 Å². The highest BCUT2D eigenvalue weighted by Gasteiger charge is 2.38. The van der Waals surface area contributed by atoms with Crippen molar-refractivity contribution in [2.24, 2.45) is 0 Å². The number of benzene rings is 1. The van der Waals surface area contributed by atoms with Gasteiger partial charge in [-0.15, -0.1) is 0 Å². The Kier molecular flexibility index (Phi) is 2.63. The van der Waals surface area contributed by atoms with Crippen molar-refractivity contribution in [1.82, 2.24) is 0 Å². The fraction of sp³-hybridized carbons (Fsp3) is 0.182. The second-order valence-corrected chi connectivity index (χ2v) is 3.43. The molecule has 2 rings (SSSR count). The second kappa shape index (κ2) is 3.97. The number of amides is 1. The summed E-state index contributed by atoms with van der Waals surface area (Å²) in [5.74, 6) is -3.17. The van der Waals surface area contributed by atoms with Crippen LogP contribution < -0.4 is 4.90 Å². The summed E-state index contributed by atoms with van der Waals surface area (Å²) in [6.45, 7) is -0.477. The van der Waals surface area contributed by atoms with Gasteiger partial charge < -0.3 is 4.74 Å². The van der Waals surface area contributed by atoms with Gasteiger partial charge in [-0.2, -0.15) is 0 Å². The third kappa shape index (κ3) is 1.67. The van der Waals surface area contributed by atoms with E-state index in [0.717, 1.165) is 18.1 Å². The first-order chi connectivity index (χ1) is 8.06. The van der Waals surface area contributed by atoms with Gasteiger partial charge in [-0.25, -0.2) is 4.39 Å². The number of methoxy groups -OCH3 is 1. The number of rotatable bonds is 2. The SMILES string of the molecule is COC(=O)CN1C(=O)C(=O)c2cccc(F)c21. The minimum absolute atomic E-state index is 0.0288. The second-order valence-electron chi connectivity index (χ2n) is 3.43. The van der Waals surface area contributed by atoms with Crippen molar-refractivity contribution in [2.45, 2.75) is 0 Å². The Bertz CT molecular complexity index is 526. The number of esters is 1. The molecule has 0 aromatic heterocycles. The number of ketones is 1. The molecule has 1 aromatic rings. The number of para-hydroxylation sites is 1. The van der Waals surface area contributed by atoms with Gasteiger partial charge in [-0.3, -0.25) is 19.3 Å². The molecule has 0 saturated heterocycles. The van der Waals surface area contributed by atoms with Crippen molar-refractivity contribution in [1.29, 1.82) is 0 Å². The van der Waals surface area contributed by atoms with Crippen LogP contribution >= 0.6 is 0 Å². The van der Waals surface area contributed by atoms with Crippen LogP contribution in [0.2, 0.25) is 0 Å². The predicted octanol–water partition coefficient (Wildman–Crippen LogP) is 0.528. The van der Waals surface area contributed by atoms with E-state index in [1.807, 2.05) is 0 Å². The molecule has 1 amide bonds. The summed E-state index contributed by atoms with van der Waals surface area (Å²) in [7, 11) is 1.15. The van der Waals surface area contributed by atoms with E-state index in [4.69, 9.17) is 0 Å². The van der Waals surface area contributed by atoms with Crippen LogP contribution in [0.25, 0.3) is 0 Å². The maximum atomic E-state index is 13.5. The smallest absolute Gasteiger partial charge is 0.325 e. The molecule has 17 heavy (non-hydrogen) atoms. The summed E-state index contributed by atoms with van der Waals surface area (Å²) in [5.41, 5.74) is -0.188. The highest BCUT2D eigenvalue weighted by Crippen LogP contribution is 2.31. The lowest BCUT2D eigenvalue weighted by Gasteiger charge is -2.14. The summed E-state index contributed by atoms with van der Waals surface area (Å²) in [4.78, 5) is 35.0. The Morgan fingerprint density at radius 3 is 2.76 bits per heavy atom. The summed E-state index contributed by atoms with van der Waals surface area (Å²) in [6, 6.07) is 3.80. The number of fused-ring (bicyclic) bond motifs is 1. The Hall–Kier alpha value is -2.24. The summed E-state index contributed by atoms with van der Waals surface area (Å²) in [6.07, 6.45) is 0. The fourth-order valence-corrected chi connectivity index (χ4v) is 1.66. The first kappa shape index (κ1) is 11.3. The first-order valence-corrected chi connectivity index (χ1v) is 4.77. The van der Waals surface area contributed by atoms with Gasteiger partial charge in [0.15, 0.2) is 0 Å². The molecule has 0 saturated carbocycles. The molecular formula is C11H8FNO4. The summed E-state index contributed by atoms with van der Waals surface area (Å²) in [5, 5.41) is 0. The molecule has 1 heterocycles. The van der Waals surface area contributed by atoms with Gasteiger partial charge in [0.2, 0.25) is 0 Å². The van der Waals surface area contributed by atoms with Crippen molar-refractivity contribution in [2.75, 3.05) is 18.6 Å². The van der Waals surface area contributed by atoms with E-state index >= 15 is 0 Å². The lowest BCUT2D eigenvalue weighted by atomic mass is 10.1. The highest BCUT2D eigenvalue weighted by molar-refractivity contribution is 6.52. The molecule has 1 aliphatic rings. The van der Waals surface area contributed by atoms with Crippen molar-refractivity contribution < 1.29 is 23.5 Å². The summed E-state index contributed by atoms with van der Waals surface area (Å²) >= 11 is 0. The van der Waals surface area contributed by atoms with Gasteiger partial charge in [-0.1, -0.05) is 6.07 Å². The zero-order valence-electron chi connectivity index (χ0n) is 8.90. The third-order valence-corrected chi connectivity index (χ3v) is 2.46. The molecular weight excluding hydrogens is 229 g/mol. The lowest BCUT2D eigenvalue weighted by Crippen LogP contribution is -2.35. The van der Waals surface area contributed by atoms with E-state index < -0.39 is 30.0 Å². The zero-order chi connectivity index (χ0) is 12.6. The van der Waals surface area contributed by atoms with Crippen LogP contribution in [0.1, 0.15) is 10.4 Å². The molecule has 0 radical (unpaired) electrons. The molecule has 0 spiro atoms. The van der Waals surface area contributed by atoms with Gasteiger partial charge in [-0.05, 0) is 12.1 Å². The van der Waals surface area contributed by atoms with Crippen LogP contribution in [-0.2, 0) is 14.3 Å². The topological polar surface area (TPSA) is 63.7 Å². The molecule has 0 bridgehead atoms. The third-order valence-electron chi connectivity index (χ3n) is 2.46. The molecule has 0 atom stereocenters. The lowest BCUT2D eigenvalue weighted by molar-refractivity contribution is -0.139. The van der Waals surface area contributed by atoms with E-state index in [1.165, 1.54) is 12.1 Å². The molecule has 88 valence electrons. The number of nitrogens with zero attached hydrogens (tertiary/aromatic N) is 1. The molecule has 1 aromatic carbocycles. The largest absolute Gasteiger partial charge is 0.468 e. The Labute approximate surface area is 95.8 Å². The summed E-state index contributed by atoms with van der Waals surface area (Å²) < 4.78 is 17.9. The van der Waals surface area contributed by atoms with Crippen LogP contribution in [0.4, 0.5) is 10.1 Å². The molecule has 5 nitrogen and oxygen atoms in total. The highest BCUT2D eigenvalue weighted by atomic mass is 19.1. The average molecular weight is 237 g/mol. The van der Waals surface area contributed by atoms with E-state index in [-0.39, 0.29) is 11.3 Å². The number of Topliss-reactive ketones (excluding diaryl/α,β-unsaturated/α-hetero) is 1. The number of ether oxygens (including phenoxy) is 1. The standard InChI is InChI=1S/C11H8FNO4/c1-17-8(14)5-13-9-6(10(15)11(13)16)3-2-4-7(9)12/h2-4H,5H2,1H3. The van der Waals surface area contributed by atoms with Crippen LogP contribution in [0.3, 0.4) is 0 Å². The Balaban J connectivity index is 2.47. The van der Waals surface area contributed by atoms with Gasteiger partial charge >= 0.3 is 5.97 Å². The van der Waals surface area contributed by atoms with Crippen LogP contribution in [0, 0.1) is 5.82 Å². The van der Waals surface area contributed by atoms with E-state index in [0.29, 0.717) is 0 Å². The van der Waals surface area contributed by atoms with Gasteiger partial charge in [0.25, 0.3) is 11.7 Å². The van der Waals surface area contributed by atoms with Gasteiger partial charge in [0.05, 0.1) is 18.4 Å². The number of carbonyl (C=O) groups excluding carboxylic acids is 3. The van der Waals surface area contributed by atoms with Crippen LogP contribution in [0.15, 0.2) is 18.2 Å². The maximum Gasteiger partial charge on any atom is 0.325 e. The van der Waals surface area contributed by atoms with Crippen molar-refractivity contribution in [3.05, 3.63) is 29.6 Å². The molecule has 6 heteroatoms. The number of carbonyl (C=O) groups is 3. The van der Waals surface area contributed by atoms with Crippen LogP contribution in [-0.4, -0.2) is 31.3 Å². The molecule has 0 N–H and O–H groups in total. The monoisotopic (exact) mass is 237 g/mol. The number of anilines is 1. The zero-order valence-corrected chi connectivity index (χ0v) is 8.90. The quantitative estimate of drug-likeness (QED) is 0.556. The number of halogens is 1. The number of hydrogen-bond donors (Lipinski definition) is 0. The van der Waals surface area contributed by atoms with Crippen molar-refractivity contribution in [3.63, 3.8) is 0 Å². The average Bonchev–Trinajstić information content (AvgIpc) is 2.56. The number of hydrogen-bond acceptors (Lipinski definition) is 4. The molecule has 0 fully saturated rings. The van der Waals surface area contributed by atoms with Crippen molar-refractivity contribution >= 4 is 23.3 Å². The minimum Gasteiger partial charge on any atom is -0.468 e. The van der Waals surface area contributed by atoms with E-state index in [1.54, 1.807) is 0 Å². The van der Waals surface area contributed by atoms with Crippen LogP contribution in [0.5, 0.6) is 0 Å². The Morgan fingerprint density at radius 2 is 2.12 bits per heavy atom. The predicted molar refractivity (Wildman–Crippen MR) is 55.1 cm³/mol.